The molecule has 3 aromatic carbocycles. The number of aliphatic carboxylic acids is 1. The predicted molar refractivity (Wildman–Crippen MR) is 180 cm³/mol. The van der Waals surface area contributed by atoms with Crippen LogP contribution in [0.1, 0.15) is 44.9 Å². The van der Waals surface area contributed by atoms with Gasteiger partial charge in [-0.05, 0) is 74.2 Å². The number of ether oxygens (including phenoxy) is 3. The molecular formula is C34H35CaClFN3O7. The zero-order valence-corrected chi connectivity index (χ0v) is 25.9. The quantitative estimate of drug-likeness (QED) is 0.0714. The van der Waals surface area contributed by atoms with Gasteiger partial charge in [0, 0.05) is 29.8 Å². The van der Waals surface area contributed by atoms with Crippen molar-refractivity contribution in [3.63, 3.8) is 0 Å². The number of pyridine rings is 1. The number of amides is 2. The van der Waals surface area contributed by atoms with E-state index in [-0.39, 0.29) is 60.6 Å². The number of hydrogen-bond acceptors (Lipinski definition) is 7. The maximum atomic E-state index is 13.3. The van der Waals surface area contributed by atoms with E-state index in [0.717, 1.165) is 19.3 Å². The zero-order valence-electron chi connectivity index (χ0n) is 25.1. The SMILES string of the molecule is COc1cc2c(Oc3cccc(NC(=O)C4(C(=O)Nc5ccc(F)cc5)CC4)c3Cl)ccnc2cc1OCCCCCCC(=O)O.[CaH2]. The van der Waals surface area contributed by atoms with Crippen molar-refractivity contribution in [2.24, 2.45) is 5.41 Å². The summed E-state index contributed by atoms with van der Waals surface area (Å²) in [6, 6.07) is 15.5. The van der Waals surface area contributed by atoms with E-state index in [1.165, 1.54) is 31.4 Å². The molecule has 5 rings (SSSR count). The van der Waals surface area contributed by atoms with E-state index in [0.29, 0.717) is 59.7 Å². The number of carboxylic acids is 1. The van der Waals surface area contributed by atoms with Gasteiger partial charge >= 0.3 is 43.7 Å². The Labute approximate surface area is 305 Å². The van der Waals surface area contributed by atoms with Gasteiger partial charge in [-0.25, -0.2) is 4.39 Å². The first-order valence-corrected chi connectivity index (χ1v) is 15.2. The Bertz CT molecular complexity index is 1750. The van der Waals surface area contributed by atoms with Crippen molar-refractivity contribution >= 4 is 89.4 Å². The first-order valence-electron chi connectivity index (χ1n) is 14.9. The average molecular weight is 692 g/mol. The monoisotopic (exact) mass is 691 g/mol. The van der Waals surface area contributed by atoms with Crippen LogP contribution in [-0.4, -0.2) is 79.3 Å². The fraction of sp³-hybridized carbons (Fsp3) is 0.294. The standard InChI is InChI=1S/C34H33ClFN3O7.Ca.2H/c1-44-28-19-23-25(20-29(28)45-18-5-3-2-4-9-30(40)41)37-17-14-26(23)46-27-8-6-7-24(31(27)35)39-33(43)34(15-16-34)32(42)38-22-12-10-21(36)11-13-22;;;/h6-8,10-14,17,19-20H,2-5,9,15-16,18H2,1H3,(H,38,42)(H,39,43)(H,40,41);;;. The van der Waals surface area contributed by atoms with Gasteiger partial charge in [-0.15, -0.1) is 0 Å². The number of carboxylic acid groups (broad SMARTS) is 1. The number of nitrogens with one attached hydrogen (secondary N) is 2. The second-order valence-corrected chi connectivity index (χ2v) is 11.3. The summed E-state index contributed by atoms with van der Waals surface area (Å²) >= 11 is 6.69. The second kappa shape index (κ2) is 16.5. The minimum absolute atomic E-state index is 0. The van der Waals surface area contributed by atoms with Crippen LogP contribution in [0.25, 0.3) is 10.9 Å². The molecule has 13 heteroatoms. The van der Waals surface area contributed by atoms with Crippen molar-refractivity contribution in [1.82, 2.24) is 4.98 Å². The Morgan fingerprint density at radius 2 is 1.64 bits per heavy atom. The number of carbonyl (C=O) groups is 3. The number of methoxy groups -OCH3 is 1. The fourth-order valence-electron chi connectivity index (χ4n) is 4.92. The second-order valence-electron chi connectivity index (χ2n) is 11.0. The molecule has 1 fully saturated rings. The van der Waals surface area contributed by atoms with E-state index in [4.69, 9.17) is 30.9 Å². The van der Waals surface area contributed by atoms with Gasteiger partial charge in [0.1, 0.15) is 27.8 Å². The van der Waals surface area contributed by atoms with E-state index in [9.17, 15) is 18.8 Å². The summed E-state index contributed by atoms with van der Waals surface area (Å²) < 4.78 is 31.0. The van der Waals surface area contributed by atoms with Crippen molar-refractivity contribution in [1.29, 1.82) is 0 Å². The molecule has 1 heterocycles. The third-order valence-corrected chi connectivity index (χ3v) is 8.07. The number of carbonyl (C=O) groups excluding carboxylic acids is 2. The number of anilines is 2. The maximum absolute atomic E-state index is 13.3. The summed E-state index contributed by atoms with van der Waals surface area (Å²) in [6.07, 6.45) is 5.55. The van der Waals surface area contributed by atoms with E-state index in [1.54, 1.807) is 42.6 Å². The topological polar surface area (TPSA) is 136 Å². The van der Waals surface area contributed by atoms with Crippen molar-refractivity contribution in [3.05, 3.63) is 77.7 Å². The van der Waals surface area contributed by atoms with Crippen LogP contribution in [0, 0.1) is 11.2 Å². The van der Waals surface area contributed by atoms with E-state index < -0.39 is 29.0 Å². The van der Waals surface area contributed by atoms with Crippen LogP contribution in [-0.2, 0) is 14.4 Å². The molecule has 1 aliphatic rings. The molecule has 47 heavy (non-hydrogen) atoms. The summed E-state index contributed by atoms with van der Waals surface area (Å²) in [5.74, 6) is -0.480. The number of fused-ring (bicyclic) bond motifs is 1. The van der Waals surface area contributed by atoms with Crippen LogP contribution in [0.4, 0.5) is 15.8 Å². The van der Waals surface area contributed by atoms with E-state index in [2.05, 4.69) is 15.6 Å². The summed E-state index contributed by atoms with van der Waals surface area (Å²) in [5.41, 5.74) is 0.00794. The molecule has 3 N–H and O–H groups in total. The molecule has 1 saturated carbocycles. The molecule has 0 saturated heterocycles. The number of rotatable bonds is 15. The van der Waals surface area contributed by atoms with Crippen LogP contribution in [0.5, 0.6) is 23.0 Å². The molecule has 2 amide bonds. The van der Waals surface area contributed by atoms with E-state index >= 15 is 0 Å². The van der Waals surface area contributed by atoms with Gasteiger partial charge in [-0.1, -0.05) is 30.5 Å². The van der Waals surface area contributed by atoms with Crippen molar-refractivity contribution in [3.8, 4) is 23.0 Å². The van der Waals surface area contributed by atoms with Crippen LogP contribution in [0.3, 0.4) is 0 Å². The molecule has 0 atom stereocenters. The third-order valence-electron chi connectivity index (χ3n) is 7.68. The number of aromatic nitrogens is 1. The molecule has 244 valence electrons. The molecule has 10 nitrogen and oxygen atoms in total. The van der Waals surface area contributed by atoms with Gasteiger partial charge in [0.05, 0.1) is 24.9 Å². The van der Waals surface area contributed by atoms with Crippen molar-refractivity contribution in [2.75, 3.05) is 24.4 Å². The number of halogens is 2. The first-order chi connectivity index (χ1) is 22.2. The van der Waals surface area contributed by atoms with Crippen molar-refractivity contribution < 1.29 is 38.1 Å². The number of benzene rings is 3. The molecule has 0 spiro atoms. The predicted octanol–water partition coefficient (Wildman–Crippen LogP) is 6.68. The van der Waals surface area contributed by atoms with Crippen LogP contribution >= 0.6 is 11.6 Å². The Kier molecular flexibility index (Phi) is 12.7. The Morgan fingerprint density at radius 1 is 0.915 bits per heavy atom. The molecular weight excluding hydrogens is 657 g/mol. The van der Waals surface area contributed by atoms with Gasteiger partial charge < -0.3 is 30.0 Å². The fourth-order valence-corrected chi connectivity index (χ4v) is 5.13. The number of unbranched alkanes of at least 4 members (excludes halogenated alkanes) is 3. The molecule has 0 unspecified atom stereocenters. The molecule has 4 aromatic rings. The molecule has 0 bridgehead atoms. The zero-order chi connectivity index (χ0) is 32.7. The minimum atomic E-state index is -1.26. The Hall–Kier alpha value is -3.64. The van der Waals surface area contributed by atoms with E-state index in [1.807, 2.05) is 0 Å². The average Bonchev–Trinajstić information content (AvgIpc) is 3.86. The summed E-state index contributed by atoms with van der Waals surface area (Å²) in [4.78, 5) is 41.3. The molecule has 0 radical (unpaired) electrons. The van der Waals surface area contributed by atoms with Crippen LogP contribution in [0.15, 0.2) is 66.9 Å². The Balaban J connectivity index is 0.00000500. The van der Waals surface area contributed by atoms with Gasteiger partial charge in [-0.3, -0.25) is 19.4 Å². The molecule has 1 aromatic heterocycles. The van der Waals surface area contributed by atoms with Gasteiger partial charge in [-0.2, -0.15) is 0 Å². The summed E-state index contributed by atoms with van der Waals surface area (Å²) in [6.45, 7) is 0.439. The van der Waals surface area contributed by atoms with Gasteiger partial charge in [0.15, 0.2) is 11.5 Å². The number of nitrogens with zero attached hydrogens (tertiary/aromatic N) is 1. The summed E-state index contributed by atoms with van der Waals surface area (Å²) in [5, 5.41) is 15.0. The van der Waals surface area contributed by atoms with Crippen LogP contribution in [0.2, 0.25) is 5.02 Å². The normalized spacial score (nSPS) is 12.8. The molecule has 1 aliphatic carbocycles. The number of hydrogen-bond donors (Lipinski definition) is 3. The summed E-state index contributed by atoms with van der Waals surface area (Å²) in [7, 11) is 1.53. The first kappa shape index (κ1) is 36.2. The van der Waals surface area contributed by atoms with Gasteiger partial charge in [0.25, 0.3) is 0 Å². The molecule has 0 aliphatic heterocycles. The van der Waals surface area contributed by atoms with Crippen LogP contribution < -0.4 is 24.8 Å². The van der Waals surface area contributed by atoms with Crippen molar-refractivity contribution in [2.45, 2.75) is 44.9 Å². The Morgan fingerprint density at radius 3 is 2.34 bits per heavy atom. The third kappa shape index (κ3) is 9.04. The van der Waals surface area contributed by atoms with Gasteiger partial charge in [0.2, 0.25) is 11.8 Å².